The van der Waals surface area contributed by atoms with Gasteiger partial charge in [0.15, 0.2) is 5.43 Å². The van der Waals surface area contributed by atoms with Gasteiger partial charge in [-0.15, -0.1) is 0 Å². The summed E-state index contributed by atoms with van der Waals surface area (Å²) in [7, 11) is 1.63. The van der Waals surface area contributed by atoms with Gasteiger partial charge in [-0.3, -0.25) is 9.59 Å². The number of carbonyl (C=O) groups excluding carboxylic acids is 1. The lowest BCUT2D eigenvalue weighted by atomic mass is 9.98. The van der Waals surface area contributed by atoms with Crippen LogP contribution in [0.25, 0.3) is 11.0 Å². The fourth-order valence-electron chi connectivity index (χ4n) is 4.58. The summed E-state index contributed by atoms with van der Waals surface area (Å²) in [5.74, 6) is 1.33. The fraction of sp³-hybridized carbons (Fsp3) is 0.241. The fourth-order valence-corrected chi connectivity index (χ4v) is 4.58. The number of carbonyl (C=O) groups is 1. The van der Waals surface area contributed by atoms with Crippen LogP contribution in [0.5, 0.6) is 11.5 Å². The van der Waals surface area contributed by atoms with Crippen molar-refractivity contribution in [3.63, 3.8) is 0 Å². The molecular formula is C29H27NO5. The highest BCUT2D eigenvalue weighted by Crippen LogP contribution is 2.39. The quantitative estimate of drug-likeness (QED) is 0.347. The average molecular weight is 470 g/mol. The van der Waals surface area contributed by atoms with Gasteiger partial charge in [-0.1, -0.05) is 43.3 Å². The van der Waals surface area contributed by atoms with Gasteiger partial charge >= 0.3 is 0 Å². The molecule has 1 amide bonds. The normalized spacial score (nSPS) is 14.9. The molecule has 178 valence electrons. The highest BCUT2D eigenvalue weighted by atomic mass is 16.5. The van der Waals surface area contributed by atoms with E-state index in [-0.39, 0.29) is 17.1 Å². The van der Waals surface area contributed by atoms with E-state index in [1.165, 1.54) is 0 Å². The van der Waals surface area contributed by atoms with Crippen molar-refractivity contribution in [3.05, 3.63) is 105 Å². The van der Waals surface area contributed by atoms with Crippen LogP contribution < -0.4 is 14.9 Å². The van der Waals surface area contributed by atoms with Crippen LogP contribution in [0, 0.1) is 0 Å². The first-order valence-corrected chi connectivity index (χ1v) is 11.8. The molecule has 0 saturated carbocycles. The number of fused-ring (bicyclic) bond motifs is 2. The number of rotatable bonds is 8. The SMILES string of the molecule is CCCOc1cccc(C2c3c(oc4ccccc4c3=O)C(=O)N2CCc2ccc(OC)cc2)c1. The van der Waals surface area contributed by atoms with Crippen LogP contribution in [0.2, 0.25) is 0 Å². The molecule has 0 N–H and O–H groups in total. The van der Waals surface area contributed by atoms with E-state index in [0.717, 1.165) is 23.3 Å². The average Bonchev–Trinajstić information content (AvgIpc) is 3.18. The van der Waals surface area contributed by atoms with Gasteiger partial charge in [0.2, 0.25) is 5.76 Å². The predicted molar refractivity (Wildman–Crippen MR) is 134 cm³/mol. The summed E-state index contributed by atoms with van der Waals surface area (Å²) in [6.45, 7) is 3.07. The lowest BCUT2D eigenvalue weighted by Gasteiger charge is -2.25. The number of amides is 1. The molecule has 4 aromatic rings. The van der Waals surface area contributed by atoms with Crippen molar-refractivity contribution in [1.29, 1.82) is 0 Å². The molecule has 0 spiro atoms. The Morgan fingerprint density at radius 1 is 0.943 bits per heavy atom. The minimum atomic E-state index is -0.554. The molecule has 1 aromatic heterocycles. The lowest BCUT2D eigenvalue weighted by molar-refractivity contribution is 0.0730. The van der Waals surface area contributed by atoms with Crippen LogP contribution in [-0.2, 0) is 6.42 Å². The number of hydrogen-bond acceptors (Lipinski definition) is 5. The highest BCUT2D eigenvalue weighted by molar-refractivity contribution is 5.99. The molecular weight excluding hydrogens is 442 g/mol. The van der Waals surface area contributed by atoms with Crippen molar-refractivity contribution >= 4 is 16.9 Å². The summed E-state index contributed by atoms with van der Waals surface area (Å²) in [4.78, 5) is 28.9. The zero-order valence-corrected chi connectivity index (χ0v) is 19.8. The second-order valence-electron chi connectivity index (χ2n) is 8.59. The third-order valence-electron chi connectivity index (χ3n) is 6.32. The lowest BCUT2D eigenvalue weighted by Crippen LogP contribution is -2.31. The summed E-state index contributed by atoms with van der Waals surface area (Å²) >= 11 is 0. The number of benzene rings is 3. The van der Waals surface area contributed by atoms with Gasteiger partial charge in [0.05, 0.1) is 30.7 Å². The van der Waals surface area contributed by atoms with Crippen LogP contribution in [0.3, 0.4) is 0 Å². The second kappa shape index (κ2) is 9.66. The minimum Gasteiger partial charge on any atom is -0.497 e. The summed E-state index contributed by atoms with van der Waals surface area (Å²) in [6, 6.07) is 21.9. The number of methoxy groups -OCH3 is 1. The van der Waals surface area contributed by atoms with Gasteiger partial charge < -0.3 is 18.8 Å². The maximum Gasteiger partial charge on any atom is 0.290 e. The Morgan fingerprint density at radius 2 is 1.74 bits per heavy atom. The van der Waals surface area contributed by atoms with Crippen molar-refractivity contribution in [2.24, 2.45) is 0 Å². The summed E-state index contributed by atoms with van der Waals surface area (Å²) in [5, 5.41) is 0.472. The Bertz CT molecular complexity index is 1420. The van der Waals surface area contributed by atoms with Crippen LogP contribution in [0.4, 0.5) is 0 Å². The van der Waals surface area contributed by atoms with Gasteiger partial charge in [-0.2, -0.15) is 0 Å². The standard InChI is InChI=1S/C29H27NO5/c1-3-17-34-22-8-6-7-20(18-22)26-25-27(31)23-9-4-5-10-24(23)35-28(25)29(32)30(26)16-15-19-11-13-21(33-2)14-12-19/h4-14,18,26H,3,15-17H2,1-2H3. The van der Waals surface area contributed by atoms with E-state index in [2.05, 4.69) is 0 Å². The van der Waals surface area contributed by atoms with Crippen LogP contribution >= 0.6 is 0 Å². The summed E-state index contributed by atoms with van der Waals surface area (Å²) < 4.78 is 17.1. The summed E-state index contributed by atoms with van der Waals surface area (Å²) in [6.07, 6.45) is 1.51. The molecule has 1 aliphatic rings. The van der Waals surface area contributed by atoms with Crippen LogP contribution in [0.1, 0.15) is 46.6 Å². The zero-order valence-electron chi connectivity index (χ0n) is 19.8. The Morgan fingerprint density at radius 3 is 2.51 bits per heavy atom. The molecule has 6 heteroatoms. The van der Waals surface area contributed by atoms with Gasteiger partial charge in [0.25, 0.3) is 5.91 Å². The molecule has 0 aliphatic carbocycles. The van der Waals surface area contributed by atoms with E-state index in [1.807, 2.05) is 55.5 Å². The maximum absolute atomic E-state index is 13.6. The van der Waals surface area contributed by atoms with Gasteiger partial charge in [0.1, 0.15) is 17.1 Å². The first-order valence-electron chi connectivity index (χ1n) is 11.8. The molecule has 5 rings (SSSR count). The Hall–Kier alpha value is -4.06. The molecule has 0 bridgehead atoms. The third-order valence-corrected chi connectivity index (χ3v) is 6.32. The molecule has 1 aliphatic heterocycles. The van der Waals surface area contributed by atoms with Crippen molar-refractivity contribution in [2.75, 3.05) is 20.3 Å². The van der Waals surface area contributed by atoms with E-state index in [4.69, 9.17) is 13.9 Å². The van der Waals surface area contributed by atoms with E-state index < -0.39 is 6.04 Å². The van der Waals surface area contributed by atoms with E-state index in [9.17, 15) is 9.59 Å². The number of ether oxygens (including phenoxy) is 2. The van der Waals surface area contributed by atoms with Crippen molar-refractivity contribution in [2.45, 2.75) is 25.8 Å². The van der Waals surface area contributed by atoms with Gasteiger partial charge in [-0.25, -0.2) is 0 Å². The molecule has 6 nitrogen and oxygen atoms in total. The van der Waals surface area contributed by atoms with Crippen molar-refractivity contribution in [1.82, 2.24) is 4.90 Å². The van der Waals surface area contributed by atoms with E-state index in [0.29, 0.717) is 41.9 Å². The summed E-state index contributed by atoms with van der Waals surface area (Å²) in [5.41, 5.74) is 2.52. The molecule has 2 heterocycles. The molecule has 35 heavy (non-hydrogen) atoms. The molecule has 1 atom stereocenters. The molecule has 0 saturated heterocycles. The van der Waals surface area contributed by atoms with E-state index >= 15 is 0 Å². The van der Waals surface area contributed by atoms with Gasteiger partial charge in [-0.05, 0) is 60.4 Å². The smallest absolute Gasteiger partial charge is 0.290 e. The van der Waals surface area contributed by atoms with E-state index in [1.54, 1.807) is 36.3 Å². The number of hydrogen-bond donors (Lipinski definition) is 0. The number of para-hydroxylation sites is 1. The topological polar surface area (TPSA) is 69.0 Å². The molecule has 3 aromatic carbocycles. The van der Waals surface area contributed by atoms with Crippen LogP contribution in [-0.4, -0.2) is 31.1 Å². The molecule has 0 fully saturated rings. The molecule has 0 radical (unpaired) electrons. The first-order chi connectivity index (χ1) is 17.1. The first kappa shape index (κ1) is 22.7. The monoisotopic (exact) mass is 469 g/mol. The Labute approximate surface area is 203 Å². The second-order valence-corrected chi connectivity index (χ2v) is 8.59. The highest BCUT2D eigenvalue weighted by Gasteiger charge is 2.42. The van der Waals surface area contributed by atoms with Crippen molar-refractivity contribution < 1.29 is 18.7 Å². The van der Waals surface area contributed by atoms with Crippen LogP contribution in [0.15, 0.2) is 82.0 Å². The Kier molecular flexibility index (Phi) is 6.27. The minimum absolute atomic E-state index is 0.119. The number of nitrogens with zero attached hydrogens (tertiary/aromatic N) is 1. The van der Waals surface area contributed by atoms with Gasteiger partial charge in [0, 0.05) is 6.54 Å². The third kappa shape index (κ3) is 4.28. The van der Waals surface area contributed by atoms with Crippen molar-refractivity contribution in [3.8, 4) is 11.5 Å². The maximum atomic E-state index is 13.6. The predicted octanol–water partition coefficient (Wildman–Crippen LogP) is 5.38. The largest absolute Gasteiger partial charge is 0.497 e. The molecule has 1 unspecified atom stereocenters. The Balaban J connectivity index is 1.57. The zero-order chi connectivity index (χ0) is 24.4.